The Morgan fingerprint density at radius 2 is 1.83 bits per heavy atom. The molecule has 0 heterocycles. The number of nitrogens with one attached hydrogen (secondary N) is 1. The van der Waals surface area contributed by atoms with Crippen molar-refractivity contribution in [3.8, 4) is 0 Å². The minimum atomic E-state index is -4.60. The van der Waals surface area contributed by atoms with Crippen molar-refractivity contribution in [3.05, 3.63) is 0 Å². The van der Waals surface area contributed by atoms with Crippen molar-refractivity contribution in [1.29, 1.82) is 0 Å². The maximum atomic E-state index is 10.0. The normalized spacial score (nSPS) is 9.25. The van der Waals surface area contributed by atoms with E-state index < -0.39 is 20.3 Å². The molecule has 0 fully saturated rings. The average molecular weight is 249 g/mol. The molecule has 0 aromatic carbocycles. The van der Waals surface area contributed by atoms with Crippen LogP contribution in [-0.2, 0) is 13.9 Å². The van der Waals surface area contributed by atoms with Gasteiger partial charge in [0.2, 0.25) is 0 Å². The van der Waals surface area contributed by atoms with Crippen molar-refractivity contribution in [1.82, 2.24) is 5.48 Å². The molecule has 62 valence electrons. The van der Waals surface area contributed by atoms with Crippen LogP contribution in [0.4, 0.5) is 0 Å². The second kappa shape index (κ2) is 10.3. The summed E-state index contributed by atoms with van der Waals surface area (Å²) in [5, 5.41) is 7.80. The van der Waals surface area contributed by atoms with Gasteiger partial charge in [-0.15, -0.1) is 0 Å². The molecule has 0 aromatic heterocycles. The molecule has 1 amide bonds. The molecule has 4 N–H and O–H groups in total. The van der Waals surface area contributed by atoms with Crippen LogP contribution >= 0.6 is 7.82 Å². The van der Waals surface area contributed by atoms with Gasteiger partial charge in [-0.05, 0) is 0 Å². The number of hydroxylamine groups is 1. The Hall–Kier alpha value is 2.81. The van der Waals surface area contributed by atoms with Gasteiger partial charge in [0.25, 0.3) is 5.91 Å². The standard InChI is InChI=1S/C2H6NO6P.2K/c4-2(3-5)1-9-10(6,7)8;;/h5H,1H2,(H,3,4)(H2,6,7,8);;. The molecular weight excluding hydrogens is 243 g/mol. The van der Waals surface area contributed by atoms with E-state index in [1.54, 1.807) is 0 Å². The Bertz CT molecular complexity index is 169. The van der Waals surface area contributed by atoms with Crippen LogP contribution in [0.2, 0.25) is 0 Å². The molecule has 0 aliphatic rings. The van der Waals surface area contributed by atoms with Crippen molar-refractivity contribution in [2.45, 2.75) is 0 Å². The third-order valence-electron chi connectivity index (χ3n) is 0.489. The average Bonchev–Trinajstić information content (AvgIpc) is 1.81. The summed E-state index contributed by atoms with van der Waals surface area (Å²) in [6.45, 7) is -0.874. The Balaban J connectivity index is -0.000000405. The van der Waals surface area contributed by atoms with E-state index in [9.17, 15) is 9.36 Å². The van der Waals surface area contributed by atoms with Crippen LogP contribution < -0.4 is 5.48 Å². The first-order chi connectivity index (χ1) is 4.45. The van der Waals surface area contributed by atoms with E-state index in [2.05, 4.69) is 4.52 Å². The third-order valence-corrected chi connectivity index (χ3v) is 0.954. The molecule has 0 spiro atoms. The quantitative estimate of drug-likeness (QED) is 0.196. The van der Waals surface area contributed by atoms with E-state index >= 15 is 0 Å². The van der Waals surface area contributed by atoms with Gasteiger partial charge >= 0.3 is 7.82 Å². The van der Waals surface area contributed by atoms with Crippen LogP contribution in [-0.4, -0.2) is 130 Å². The SMILES string of the molecule is O=C(COP(=O)(O)O)NO.[K].[K]. The molecule has 0 aliphatic heterocycles. The van der Waals surface area contributed by atoms with Crippen LogP contribution in [0, 0.1) is 0 Å². The Morgan fingerprint density at radius 1 is 1.42 bits per heavy atom. The minimum absolute atomic E-state index is 0. The molecule has 0 saturated carbocycles. The first kappa shape index (κ1) is 20.3. The number of hydrogen-bond donors (Lipinski definition) is 4. The second-order valence-electron chi connectivity index (χ2n) is 1.30. The van der Waals surface area contributed by atoms with E-state index in [1.807, 2.05) is 0 Å². The summed E-state index contributed by atoms with van der Waals surface area (Å²) in [4.78, 5) is 26.0. The van der Waals surface area contributed by atoms with Crippen LogP contribution in [0.25, 0.3) is 0 Å². The van der Waals surface area contributed by atoms with Crippen LogP contribution in [0.15, 0.2) is 0 Å². The number of carbonyl (C=O) groups is 1. The van der Waals surface area contributed by atoms with Gasteiger partial charge in [-0.1, -0.05) is 0 Å². The fraction of sp³-hybridized carbons (Fsp3) is 0.500. The molecule has 0 bridgehead atoms. The molecule has 0 aliphatic carbocycles. The zero-order valence-corrected chi connectivity index (χ0v) is 13.9. The van der Waals surface area contributed by atoms with Gasteiger partial charge in [0, 0.05) is 103 Å². The van der Waals surface area contributed by atoms with Crippen LogP contribution in [0.3, 0.4) is 0 Å². The van der Waals surface area contributed by atoms with Gasteiger partial charge in [0.05, 0.1) is 0 Å². The molecule has 12 heavy (non-hydrogen) atoms. The summed E-state index contributed by atoms with van der Waals surface area (Å²) in [6.07, 6.45) is 0. The van der Waals surface area contributed by atoms with Gasteiger partial charge in [0.1, 0.15) is 6.61 Å². The summed E-state index contributed by atoms with van der Waals surface area (Å²) >= 11 is 0. The van der Waals surface area contributed by atoms with Gasteiger partial charge in [-0.25, -0.2) is 10.0 Å². The Kier molecular flexibility index (Phi) is 17.4. The fourth-order valence-corrected chi connectivity index (χ4v) is 0.460. The maximum absolute atomic E-state index is 10.0. The predicted octanol–water partition coefficient (Wildman–Crippen LogP) is -2.16. The Morgan fingerprint density at radius 3 is 2.08 bits per heavy atom. The zero-order valence-electron chi connectivity index (χ0n) is 6.72. The molecule has 0 atom stereocenters. The largest absolute Gasteiger partial charge is 0.470 e. The van der Waals surface area contributed by atoms with E-state index in [0.29, 0.717) is 0 Å². The van der Waals surface area contributed by atoms with Crippen molar-refractivity contribution in [2.75, 3.05) is 6.61 Å². The first-order valence-corrected chi connectivity index (χ1v) is 3.62. The zero-order chi connectivity index (χ0) is 8.20. The summed E-state index contributed by atoms with van der Waals surface area (Å²) in [5.74, 6) is -1.02. The number of carbonyl (C=O) groups excluding carboxylic acids is 1. The van der Waals surface area contributed by atoms with Gasteiger partial charge in [-0.3, -0.25) is 14.5 Å². The molecule has 7 nitrogen and oxygen atoms in total. The monoisotopic (exact) mass is 249 g/mol. The third kappa shape index (κ3) is 15.3. The molecule has 0 saturated heterocycles. The number of phosphoric acid groups is 1. The summed E-state index contributed by atoms with van der Waals surface area (Å²) in [7, 11) is -4.60. The van der Waals surface area contributed by atoms with Crippen molar-refractivity contribution < 1.29 is 28.9 Å². The number of amides is 1. The number of phosphoric ester groups is 1. The smallest absolute Gasteiger partial charge is 0.303 e. The summed E-state index contributed by atoms with van der Waals surface area (Å²) in [5.41, 5.74) is 1.13. The molecule has 0 rings (SSSR count). The van der Waals surface area contributed by atoms with E-state index in [-0.39, 0.29) is 103 Å². The molecule has 0 unspecified atom stereocenters. The maximum Gasteiger partial charge on any atom is 0.470 e. The number of rotatable bonds is 3. The predicted molar refractivity (Wildman–Crippen MR) is 39.4 cm³/mol. The topological polar surface area (TPSA) is 116 Å². The van der Waals surface area contributed by atoms with Gasteiger partial charge in [0.15, 0.2) is 0 Å². The summed E-state index contributed by atoms with van der Waals surface area (Å²) < 4.78 is 13.5. The number of hydrogen-bond acceptors (Lipinski definition) is 4. The van der Waals surface area contributed by atoms with Crippen LogP contribution in [0.5, 0.6) is 0 Å². The minimum Gasteiger partial charge on any atom is -0.303 e. The van der Waals surface area contributed by atoms with Crippen molar-refractivity contribution in [3.63, 3.8) is 0 Å². The fourth-order valence-electron chi connectivity index (χ4n) is 0.175. The van der Waals surface area contributed by atoms with Gasteiger partial charge in [-0.2, -0.15) is 0 Å². The molecule has 2 radical (unpaired) electrons. The molecule has 0 aromatic rings. The van der Waals surface area contributed by atoms with Crippen LogP contribution in [0.1, 0.15) is 0 Å². The Labute approximate surface area is 154 Å². The summed E-state index contributed by atoms with van der Waals surface area (Å²) in [6, 6.07) is 0. The van der Waals surface area contributed by atoms with Gasteiger partial charge < -0.3 is 9.79 Å². The van der Waals surface area contributed by atoms with Crippen molar-refractivity contribution >= 4 is 116 Å². The second-order valence-corrected chi connectivity index (χ2v) is 2.54. The van der Waals surface area contributed by atoms with E-state index in [4.69, 9.17) is 15.0 Å². The van der Waals surface area contributed by atoms with E-state index in [0.717, 1.165) is 5.48 Å². The first-order valence-electron chi connectivity index (χ1n) is 2.09. The molecular formula is C2H6K2NO6P. The molecule has 10 heteroatoms. The van der Waals surface area contributed by atoms with E-state index in [1.165, 1.54) is 0 Å². The van der Waals surface area contributed by atoms with Crippen molar-refractivity contribution in [2.24, 2.45) is 0 Å².